The van der Waals surface area contributed by atoms with E-state index in [1.807, 2.05) is 6.92 Å². The molecular formula is C25H50O14. The van der Waals surface area contributed by atoms with Gasteiger partial charge in [-0.05, 0) is 57.7 Å². The largest absolute Gasteiger partial charge is 0.478 e. The first-order valence-corrected chi connectivity index (χ1v) is 12.1. The first-order chi connectivity index (χ1) is 18.2. The van der Waals surface area contributed by atoms with E-state index in [2.05, 4.69) is 0 Å². The van der Waals surface area contributed by atoms with Gasteiger partial charge in [0.25, 0.3) is 0 Å². The van der Waals surface area contributed by atoms with Gasteiger partial charge in [-0.15, -0.1) is 0 Å². The molecule has 12 N–H and O–H groups in total. The van der Waals surface area contributed by atoms with E-state index in [9.17, 15) is 9.59 Å². The lowest BCUT2D eigenvalue weighted by molar-refractivity contribution is 0.0696. The number of aliphatic hydroxyl groups excluding tert-OH is 10. The summed E-state index contributed by atoms with van der Waals surface area (Å²) in [6, 6.07) is 4.17. The zero-order valence-corrected chi connectivity index (χ0v) is 23.2. The van der Waals surface area contributed by atoms with Crippen molar-refractivity contribution in [2.45, 2.75) is 65.3 Å². The van der Waals surface area contributed by atoms with E-state index in [0.29, 0.717) is 19.3 Å². The summed E-state index contributed by atoms with van der Waals surface area (Å²) in [6.45, 7) is 6.24. The highest BCUT2D eigenvalue weighted by Gasteiger charge is 2.13. The van der Waals surface area contributed by atoms with Crippen LogP contribution in [0.4, 0.5) is 0 Å². The number of carboxylic acid groups (broad SMARTS) is 2. The van der Waals surface area contributed by atoms with Crippen LogP contribution in [0.2, 0.25) is 0 Å². The number of aromatic carboxylic acids is 2. The minimum atomic E-state index is -1.11. The average Bonchev–Trinajstić information content (AvgIpc) is 2.89. The van der Waals surface area contributed by atoms with E-state index < -0.39 is 24.1 Å². The quantitative estimate of drug-likeness (QED) is 0.153. The van der Waals surface area contributed by atoms with Crippen molar-refractivity contribution in [3.05, 3.63) is 34.9 Å². The molecule has 14 heteroatoms. The first-order valence-electron chi connectivity index (χ1n) is 12.1. The van der Waals surface area contributed by atoms with E-state index in [1.165, 1.54) is 32.0 Å². The van der Waals surface area contributed by atoms with Crippen LogP contribution in [0.25, 0.3) is 0 Å². The Morgan fingerprint density at radius 2 is 1.08 bits per heavy atom. The van der Waals surface area contributed by atoms with Crippen LogP contribution in [-0.2, 0) is 0 Å². The molecule has 0 bridgehead atoms. The lowest BCUT2D eigenvalue weighted by atomic mass is 10.0. The highest BCUT2D eigenvalue weighted by atomic mass is 16.4. The van der Waals surface area contributed by atoms with E-state index in [-0.39, 0.29) is 69.0 Å². The van der Waals surface area contributed by atoms with Crippen LogP contribution in [0.1, 0.15) is 66.3 Å². The van der Waals surface area contributed by atoms with Gasteiger partial charge in [-0.2, -0.15) is 0 Å². The van der Waals surface area contributed by atoms with Gasteiger partial charge >= 0.3 is 11.9 Å². The molecule has 0 aliphatic heterocycles. The molecule has 0 aliphatic rings. The minimum absolute atomic E-state index is 0.0277. The van der Waals surface area contributed by atoms with E-state index in [4.69, 9.17) is 61.3 Å². The number of aliphatic hydroxyl groups is 10. The normalized spacial score (nSPS) is 11.4. The lowest BCUT2D eigenvalue weighted by Crippen LogP contribution is -2.08. The highest BCUT2D eigenvalue weighted by Crippen LogP contribution is 2.13. The first kappa shape index (κ1) is 46.6. The van der Waals surface area contributed by atoms with Crippen LogP contribution in [0.3, 0.4) is 0 Å². The van der Waals surface area contributed by atoms with Crippen molar-refractivity contribution in [3.8, 4) is 0 Å². The Morgan fingerprint density at radius 1 is 0.692 bits per heavy atom. The summed E-state index contributed by atoms with van der Waals surface area (Å²) in [7, 11) is 0. The standard InChI is InChI=1S/C9H8O4.2C4H10O2.2C3H8O2.C2H6O2/c1-5-6(8(10)11)3-2-4-7(5)9(12)13;1-4(6)2-3-5;1-2-4(6)3-5;1-3(5)2-4;4-2-1-3-5;3-1-2-4/h2-4H,1H3,(H,10,11)(H,12,13);2*4-6H,2-3H2,1H3;3-5H,2H2,1H3;4-5H,1-3H2;3-4H,1-2H2. The molecule has 0 saturated carbocycles. The van der Waals surface area contributed by atoms with E-state index >= 15 is 0 Å². The molecule has 0 saturated heterocycles. The molecule has 0 amide bonds. The maximum absolute atomic E-state index is 10.6. The number of carboxylic acids is 2. The summed E-state index contributed by atoms with van der Waals surface area (Å²) in [5.74, 6) is -2.22. The van der Waals surface area contributed by atoms with Crippen molar-refractivity contribution in [1.29, 1.82) is 0 Å². The fourth-order valence-electron chi connectivity index (χ4n) is 1.49. The number of hydrogen-bond acceptors (Lipinski definition) is 12. The molecular weight excluding hydrogens is 524 g/mol. The fourth-order valence-corrected chi connectivity index (χ4v) is 1.49. The molecule has 234 valence electrons. The minimum Gasteiger partial charge on any atom is -0.478 e. The monoisotopic (exact) mass is 574 g/mol. The van der Waals surface area contributed by atoms with Crippen LogP contribution in [0, 0.1) is 6.92 Å². The van der Waals surface area contributed by atoms with Gasteiger partial charge in [0.15, 0.2) is 0 Å². The van der Waals surface area contributed by atoms with Crippen molar-refractivity contribution in [2.24, 2.45) is 0 Å². The molecule has 0 fully saturated rings. The maximum Gasteiger partial charge on any atom is 0.335 e. The topological polar surface area (TPSA) is 277 Å². The number of hydrogen-bond donors (Lipinski definition) is 12. The molecule has 1 aromatic rings. The van der Waals surface area contributed by atoms with E-state index in [0.717, 1.165) is 0 Å². The molecule has 39 heavy (non-hydrogen) atoms. The van der Waals surface area contributed by atoms with Crippen molar-refractivity contribution in [1.82, 2.24) is 0 Å². The van der Waals surface area contributed by atoms with Crippen molar-refractivity contribution in [2.75, 3.05) is 46.2 Å². The van der Waals surface area contributed by atoms with Crippen LogP contribution in [0.15, 0.2) is 18.2 Å². The molecule has 1 rings (SSSR count). The fraction of sp³-hybridized carbons (Fsp3) is 0.680. The smallest absolute Gasteiger partial charge is 0.335 e. The summed E-state index contributed by atoms with van der Waals surface area (Å²) in [5.41, 5.74) is 0.335. The van der Waals surface area contributed by atoms with Crippen LogP contribution in [0.5, 0.6) is 0 Å². The Balaban J connectivity index is -0.000000127. The average molecular weight is 575 g/mol. The predicted molar refractivity (Wildman–Crippen MR) is 144 cm³/mol. The van der Waals surface area contributed by atoms with Gasteiger partial charge in [0.2, 0.25) is 0 Å². The number of benzene rings is 1. The molecule has 0 heterocycles. The Morgan fingerprint density at radius 3 is 1.18 bits per heavy atom. The number of carbonyl (C=O) groups is 2. The van der Waals surface area contributed by atoms with Crippen LogP contribution < -0.4 is 0 Å². The van der Waals surface area contributed by atoms with Crippen molar-refractivity contribution >= 4 is 11.9 Å². The Kier molecular flexibility index (Phi) is 42.7. The second-order valence-electron chi connectivity index (χ2n) is 7.47. The van der Waals surface area contributed by atoms with Gasteiger partial charge in [-0.1, -0.05) is 13.0 Å². The van der Waals surface area contributed by atoms with E-state index in [1.54, 1.807) is 6.92 Å². The van der Waals surface area contributed by atoms with Crippen LogP contribution in [-0.4, -0.2) is 138 Å². The van der Waals surface area contributed by atoms with Gasteiger partial charge < -0.3 is 61.3 Å². The third kappa shape index (κ3) is 40.4. The summed E-state index contributed by atoms with van der Waals surface area (Å²) in [5, 5.41) is 97.4. The van der Waals surface area contributed by atoms with Gasteiger partial charge in [0, 0.05) is 19.8 Å². The van der Waals surface area contributed by atoms with Gasteiger partial charge in [0.1, 0.15) is 0 Å². The Hall–Kier alpha value is -2.24. The third-order valence-corrected chi connectivity index (χ3v) is 3.70. The van der Waals surface area contributed by atoms with Crippen LogP contribution >= 0.6 is 0 Å². The van der Waals surface area contributed by atoms with Gasteiger partial charge in [0.05, 0.1) is 55.9 Å². The second kappa shape index (κ2) is 35.8. The highest BCUT2D eigenvalue weighted by molar-refractivity contribution is 5.96. The van der Waals surface area contributed by atoms with Gasteiger partial charge in [-0.3, -0.25) is 0 Å². The molecule has 0 aromatic heterocycles. The zero-order valence-electron chi connectivity index (χ0n) is 23.2. The Labute approximate surface area is 229 Å². The molecule has 0 aliphatic carbocycles. The summed E-state index contributed by atoms with van der Waals surface area (Å²) in [4.78, 5) is 21.2. The van der Waals surface area contributed by atoms with Gasteiger partial charge in [-0.25, -0.2) is 9.59 Å². The second-order valence-corrected chi connectivity index (χ2v) is 7.47. The Bertz CT molecular complexity index is 613. The lowest BCUT2D eigenvalue weighted by Gasteiger charge is -2.03. The molecule has 1 aromatic carbocycles. The molecule has 0 radical (unpaired) electrons. The third-order valence-electron chi connectivity index (χ3n) is 3.70. The van der Waals surface area contributed by atoms with Crippen molar-refractivity contribution in [3.63, 3.8) is 0 Å². The molecule has 3 atom stereocenters. The molecule has 14 nitrogen and oxygen atoms in total. The maximum atomic E-state index is 10.6. The molecule has 3 unspecified atom stereocenters. The molecule has 0 spiro atoms. The summed E-state index contributed by atoms with van der Waals surface area (Å²) >= 11 is 0. The summed E-state index contributed by atoms with van der Waals surface area (Å²) < 4.78 is 0. The predicted octanol–water partition coefficient (Wildman–Crippen LogP) is -1.42. The number of rotatable bonds is 10. The zero-order chi connectivity index (χ0) is 31.8. The van der Waals surface area contributed by atoms with Crippen molar-refractivity contribution < 1.29 is 70.9 Å². The SMILES string of the molecule is CC(O)CCO.CC(O)CO.CCC(O)CO.Cc1c(C(=O)O)cccc1C(=O)O.OCCCO.OCCO. The summed E-state index contributed by atoms with van der Waals surface area (Å²) in [6.07, 6.45) is 0.200.